The first-order valence-corrected chi connectivity index (χ1v) is 7.27. The van der Waals surface area contributed by atoms with Gasteiger partial charge in [0, 0.05) is 27.8 Å². The molecule has 90 valence electrons. The molecule has 0 radical (unpaired) electrons. The van der Waals surface area contributed by atoms with Gasteiger partial charge in [-0.25, -0.2) is 0 Å². The molecule has 1 atom stereocenters. The highest BCUT2D eigenvalue weighted by Gasteiger charge is 2.18. The number of halogens is 1. The molecule has 0 bridgehead atoms. The molecule has 0 aliphatic heterocycles. The molecule has 0 aliphatic rings. The topological polar surface area (TPSA) is 37.8 Å². The number of nitrogens with one attached hydrogen (secondary N) is 1. The maximum Gasteiger partial charge on any atom is 0.0802 e. The number of hydrogen-bond donors (Lipinski definition) is 1. The lowest BCUT2D eigenvalue weighted by atomic mass is 10.1. The largest absolute Gasteiger partial charge is 0.305 e. The molecule has 0 fully saturated rings. The van der Waals surface area contributed by atoms with Gasteiger partial charge in [-0.2, -0.15) is 11.3 Å². The highest BCUT2D eigenvalue weighted by molar-refractivity contribution is 9.10. The van der Waals surface area contributed by atoms with Crippen LogP contribution in [0.4, 0.5) is 0 Å². The van der Waals surface area contributed by atoms with Crippen LogP contribution in [0.5, 0.6) is 0 Å². The molecule has 17 heavy (non-hydrogen) atoms. The number of thiophene rings is 1. The Kier molecular flexibility index (Phi) is 4.65. The second-order valence-electron chi connectivity index (χ2n) is 3.69. The monoisotopic (exact) mass is 311 g/mol. The minimum Gasteiger partial charge on any atom is -0.305 e. The Balaban J connectivity index is 2.29. The van der Waals surface area contributed by atoms with E-state index >= 15 is 0 Å². The summed E-state index contributed by atoms with van der Waals surface area (Å²) in [5, 5.41) is 7.74. The molecular weight excluding hydrogens is 298 g/mol. The van der Waals surface area contributed by atoms with Crippen molar-refractivity contribution in [2.45, 2.75) is 19.4 Å². The van der Waals surface area contributed by atoms with Crippen molar-refractivity contribution in [3.05, 3.63) is 45.1 Å². The van der Waals surface area contributed by atoms with Gasteiger partial charge in [0.1, 0.15) is 0 Å². The summed E-state index contributed by atoms with van der Waals surface area (Å²) in [5.41, 5.74) is 2.18. The van der Waals surface area contributed by atoms with Crippen LogP contribution < -0.4 is 5.32 Å². The summed E-state index contributed by atoms with van der Waals surface area (Å²) in [6, 6.07) is 0.115. The molecule has 2 aromatic rings. The molecule has 0 spiro atoms. The summed E-state index contributed by atoms with van der Waals surface area (Å²) in [4.78, 5) is 8.53. The van der Waals surface area contributed by atoms with E-state index in [4.69, 9.17) is 0 Å². The molecule has 5 heteroatoms. The Labute approximate surface area is 113 Å². The maximum atomic E-state index is 4.39. The minimum atomic E-state index is 0.115. The fourth-order valence-corrected chi connectivity index (χ4v) is 3.17. The minimum absolute atomic E-state index is 0.115. The van der Waals surface area contributed by atoms with Crippen molar-refractivity contribution >= 4 is 27.3 Å². The summed E-state index contributed by atoms with van der Waals surface area (Å²) in [7, 11) is 0. The Hall–Kier alpha value is -0.780. The van der Waals surface area contributed by atoms with Gasteiger partial charge >= 0.3 is 0 Å². The van der Waals surface area contributed by atoms with Crippen LogP contribution in [0.1, 0.15) is 30.6 Å². The van der Waals surface area contributed by atoms with Crippen LogP contribution in [0, 0.1) is 0 Å². The van der Waals surface area contributed by atoms with Crippen molar-refractivity contribution in [2.75, 3.05) is 6.54 Å². The molecule has 2 aromatic heterocycles. The smallest absolute Gasteiger partial charge is 0.0802 e. The van der Waals surface area contributed by atoms with Gasteiger partial charge in [-0.15, -0.1) is 0 Å². The average Bonchev–Trinajstić information content (AvgIpc) is 2.78. The fraction of sp³-hybridized carbons (Fsp3) is 0.333. The van der Waals surface area contributed by atoms with Crippen LogP contribution in [0.15, 0.2) is 33.8 Å². The SMILES string of the molecule is CCCNC(c1cnccn1)c1cscc1Br. The molecule has 2 heterocycles. The molecule has 2 rings (SSSR count). The zero-order valence-electron chi connectivity index (χ0n) is 9.56. The lowest BCUT2D eigenvalue weighted by Crippen LogP contribution is -2.24. The summed E-state index contributed by atoms with van der Waals surface area (Å²) in [6.45, 7) is 3.12. The fourth-order valence-electron chi connectivity index (χ4n) is 1.62. The van der Waals surface area contributed by atoms with Crippen LogP contribution in [0.25, 0.3) is 0 Å². The van der Waals surface area contributed by atoms with E-state index in [1.165, 1.54) is 5.56 Å². The molecule has 3 nitrogen and oxygen atoms in total. The predicted octanol–water partition coefficient (Wildman–Crippen LogP) is 3.39. The van der Waals surface area contributed by atoms with E-state index in [1.807, 2.05) is 6.20 Å². The van der Waals surface area contributed by atoms with Crippen molar-refractivity contribution in [2.24, 2.45) is 0 Å². The Morgan fingerprint density at radius 1 is 1.41 bits per heavy atom. The summed E-state index contributed by atoms with van der Waals surface area (Å²) >= 11 is 5.27. The Bertz CT molecular complexity index is 458. The van der Waals surface area contributed by atoms with Crippen LogP contribution in [-0.2, 0) is 0 Å². The number of nitrogens with zero attached hydrogens (tertiary/aromatic N) is 2. The number of aromatic nitrogens is 2. The summed E-state index contributed by atoms with van der Waals surface area (Å²) in [5.74, 6) is 0. The van der Waals surface area contributed by atoms with Crippen LogP contribution in [0.3, 0.4) is 0 Å². The molecule has 1 unspecified atom stereocenters. The third-order valence-electron chi connectivity index (χ3n) is 2.43. The second kappa shape index (κ2) is 6.23. The van der Waals surface area contributed by atoms with Gasteiger partial charge in [0.05, 0.1) is 17.9 Å². The normalized spacial score (nSPS) is 12.6. The highest BCUT2D eigenvalue weighted by Crippen LogP contribution is 2.30. The molecule has 0 amide bonds. The van der Waals surface area contributed by atoms with Crippen molar-refractivity contribution < 1.29 is 0 Å². The first-order chi connectivity index (χ1) is 8.33. The van der Waals surface area contributed by atoms with Crippen molar-refractivity contribution in [3.8, 4) is 0 Å². The van der Waals surface area contributed by atoms with E-state index in [-0.39, 0.29) is 6.04 Å². The van der Waals surface area contributed by atoms with Crippen molar-refractivity contribution in [1.29, 1.82) is 0 Å². The molecule has 1 N–H and O–H groups in total. The van der Waals surface area contributed by atoms with Gasteiger partial charge in [-0.3, -0.25) is 9.97 Å². The lowest BCUT2D eigenvalue weighted by molar-refractivity contribution is 0.584. The first-order valence-electron chi connectivity index (χ1n) is 5.53. The molecule has 0 saturated carbocycles. The van der Waals surface area contributed by atoms with Crippen molar-refractivity contribution in [3.63, 3.8) is 0 Å². The molecule has 0 aromatic carbocycles. The zero-order valence-corrected chi connectivity index (χ0v) is 12.0. The molecule has 0 aliphatic carbocycles. The standard InChI is InChI=1S/C12H14BrN3S/c1-2-3-16-12(9-7-17-8-10(9)13)11-6-14-4-5-15-11/h4-8,12,16H,2-3H2,1H3. The second-order valence-corrected chi connectivity index (χ2v) is 5.29. The molecular formula is C12H14BrN3S. The average molecular weight is 312 g/mol. The van der Waals surface area contributed by atoms with E-state index in [2.05, 4.69) is 48.9 Å². The van der Waals surface area contributed by atoms with Gasteiger partial charge in [0.15, 0.2) is 0 Å². The zero-order chi connectivity index (χ0) is 12.1. The van der Waals surface area contributed by atoms with Gasteiger partial charge < -0.3 is 5.32 Å². The van der Waals surface area contributed by atoms with Crippen LogP contribution in [0.2, 0.25) is 0 Å². The summed E-state index contributed by atoms with van der Waals surface area (Å²) < 4.78 is 1.13. The number of hydrogen-bond acceptors (Lipinski definition) is 4. The van der Waals surface area contributed by atoms with Crippen LogP contribution in [-0.4, -0.2) is 16.5 Å². The third kappa shape index (κ3) is 3.12. The quantitative estimate of drug-likeness (QED) is 0.919. The molecule has 0 saturated heterocycles. The third-order valence-corrected chi connectivity index (χ3v) is 4.18. The van der Waals surface area contributed by atoms with E-state index in [1.54, 1.807) is 23.7 Å². The number of rotatable bonds is 5. The van der Waals surface area contributed by atoms with Crippen molar-refractivity contribution in [1.82, 2.24) is 15.3 Å². The van der Waals surface area contributed by atoms with Gasteiger partial charge in [0.25, 0.3) is 0 Å². The Morgan fingerprint density at radius 3 is 2.88 bits per heavy atom. The van der Waals surface area contributed by atoms with E-state index in [0.717, 1.165) is 23.1 Å². The maximum absolute atomic E-state index is 4.39. The highest BCUT2D eigenvalue weighted by atomic mass is 79.9. The summed E-state index contributed by atoms with van der Waals surface area (Å²) in [6.07, 6.45) is 6.34. The predicted molar refractivity (Wildman–Crippen MR) is 74.2 cm³/mol. The Morgan fingerprint density at radius 2 is 2.29 bits per heavy atom. The lowest BCUT2D eigenvalue weighted by Gasteiger charge is -2.17. The van der Waals surface area contributed by atoms with E-state index in [0.29, 0.717) is 0 Å². The van der Waals surface area contributed by atoms with Gasteiger partial charge in [-0.1, -0.05) is 6.92 Å². The van der Waals surface area contributed by atoms with Gasteiger partial charge in [0.2, 0.25) is 0 Å². The van der Waals surface area contributed by atoms with E-state index in [9.17, 15) is 0 Å². The van der Waals surface area contributed by atoms with Gasteiger partial charge in [-0.05, 0) is 34.3 Å². The first kappa shape index (κ1) is 12.7. The van der Waals surface area contributed by atoms with Crippen LogP contribution >= 0.6 is 27.3 Å². The van der Waals surface area contributed by atoms with E-state index < -0.39 is 0 Å².